The molecular weight excluding hydrogens is 347 g/mol. The number of carbonyl (C=O) groups is 2. The maximum Gasteiger partial charge on any atom is 0.329 e. The molecule has 1 aromatic heterocycles. The van der Waals surface area contributed by atoms with E-state index in [-0.39, 0.29) is 12.4 Å². The third kappa shape index (κ3) is 4.14. The predicted octanol–water partition coefficient (Wildman–Crippen LogP) is 3.10. The van der Waals surface area contributed by atoms with E-state index in [1.807, 2.05) is 0 Å². The van der Waals surface area contributed by atoms with E-state index >= 15 is 0 Å². The third-order valence-corrected chi connectivity index (χ3v) is 5.00. The normalized spacial score (nSPS) is 11.2. The molecule has 1 heterocycles. The summed E-state index contributed by atoms with van der Waals surface area (Å²) in [6, 6.07) is 5.59. The van der Waals surface area contributed by atoms with E-state index in [4.69, 9.17) is 4.74 Å². The van der Waals surface area contributed by atoms with Gasteiger partial charge in [-0.15, -0.1) is 11.3 Å². The number of likely N-dealkylation sites (N-methyl/N-ethyl adjacent to an activating group) is 1. The van der Waals surface area contributed by atoms with Gasteiger partial charge in [0.15, 0.2) is 0 Å². The van der Waals surface area contributed by atoms with Gasteiger partial charge in [0.1, 0.15) is 33.6 Å². The highest BCUT2D eigenvalue weighted by molar-refractivity contribution is 7.13. The molecule has 8 heteroatoms. The molecule has 0 atom stereocenters. The van der Waals surface area contributed by atoms with Crippen LogP contribution in [-0.2, 0) is 11.4 Å². The Hall–Kier alpha value is -2.48. The summed E-state index contributed by atoms with van der Waals surface area (Å²) < 4.78 is 18.4. The molecule has 0 bridgehead atoms. The van der Waals surface area contributed by atoms with Crippen molar-refractivity contribution in [3.63, 3.8) is 0 Å². The SMILES string of the molecule is Cc1nc(COc2ccc(F)cc2)sc1C(=O)N(C)C(C)(C)C(=O)O. The Morgan fingerprint density at radius 2 is 1.92 bits per heavy atom. The van der Waals surface area contributed by atoms with Crippen LogP contribution in [0.25, 0.3) is 0 Å². The Labute approximate surface area is 148 Å². The number of aliphatic carboxylic acids is 1. The molecule has 0 aliphatic rings. The second-order valence-electron chi connectivity index (χ2n) is 5.99. The highest BCUT2D eigenvalue weighted by Gasteiger charge is 2.36. The van der Waals surface area contributed by atoms with Gasteiger partial charge in [-0.3, -0.25) is 4.79 Å². The number of carboxylic acid groups (broad SMARTS) is 1. The van der Waals surface area contributed by atoms with Crippen LogP contribution >= 0.6 is 11.3 Å². The van der Waals surface area contributed by atoms with E-state index in [0.717, 1.165) is 11.3 Å². The van der Waals surface area contributed by atoms with Crippen molar-refractivity contribution in [3.05, 3.63) is 45.7 Å². The molecule has 6 nitrogen and oxygen atoms in total. The fourth-order valence-electron chi connectivity index (χ4n) is 1.94. The standard InChI is InChI=1S/C17H19FN2O4S/c1-10-14(15(21)20(4)17(2,3)16(22)23)25-13(19-10)9-24-12-7-5-11(18)6-8-12/h5-8H,9H2,1-4H3,(H,22,23). The lowest BCUT2D eigenvalue weighted by Crippen LogP contribution is -2.50. The maximum atomic E-state index is 12.9. The third-order valence-electron chi connectivity index (χ3n) is 3.88. The van der Waals surface area contributed by atoms with Crippen LogP contribution in [0, 0.1) is 12.7 Å². The zero-order valence-corrected chi connectivity index (χ0v) is 15.2. The van der Waals surface area contributed by atoms with Gasteiger partial charge in [-0.2, -0.15) is 0 Å². The van der Waals surface area contributed by atoms with Crippen LogP contribution in [-0.4, -0.2) is 39.5 Å². The average Bonchev–Trinajstić information content (AvgIpc) is 2.93. The monoisotopic (exact) mass is 366 g/mol. The summed E-state index contributed by atoms with van der Waals surface area (Å²) >= 11 is 1.15. The number of rotatable bonds is 6. The van der Waals surface area contributed by atoms with Gasteiger partial charge in [0.2, 0.25) is 0 Å². The van der Waals surface area contributed by atoms with Gasteiger partial charge in [-0.25, -0.2) is 14.2 Å². The van der Waals surface area contributed by atoms with E-state index in [2.05, 4.69) is 4.98 Å². The molecule has 1 N–H and O–H groups in total. The van der Waals surface area contributed by atoms with Crippen molar-refractivity contribution in [3.8, 4) is 5.75 Å². The molecule has 134 valence electrons. The number of carbonyl (C=O) groups excluding carboxylic acids is 1. The Bertz CT molecular complexity index is 786. The molecule has 0 saturated heterocycles. The van der Waals surface area contributed by atoms with Crippen molar-refractivity contribution in [1.82, 2.24) is 9.88 Å². The summed E-state index contributed by atoms with van der Waals surface area (Å²) in [6.45, 7) is 4.74. The van der Waals surface area contributed by atoms with E-state index in [1.54, 1.807) is 6.92 Å². The summed E-state index contributed by atoms with van der Waals surface area (Å²) in [5.74, 6) is -1.36. The molecule has 2 rings (SSSR count). The quantitative estimate of drug-likeness (QED) is 0.850. The van der Waals surface area contributed by atoms with E-state index in [9.17, 15) is 19.1 Å². The van der Waals surface area contributed by atoms with Crippen LogP contribution in [0.3, 0.4) is 0 Å². The summed E-state index contributed by atoms with van der Waals surface area (Å²) in [5, 5.41) is 9.83. The number of ether oxygens (including phenoxy) is 1. The molecule has 0 aliphatic carbocycles. The Kier molecular flexibility index (Phi) is 5.42. The lowest BCUT2D eigenvalue weighted by molar-refractivity contribution is -0.147. The minimum absolute atomic E-state index is 0.135. The number of carboxylic acids is 1. The number of thiazole rings is 1. The first-order valence-electron chi connectivity index (χ1n) is 7.49. The minimum Gasteiger partial charge on any atom is -0.486 e. The molecule has 0 fully saturated rings. The topological polar surface area (TPSA) is 79.7 Å². The van der Waals surface area contributed by atoms with Crippen molar-refractivity contribution < 1.29 is 23.8 Å². The molecular formula is C17H19FN2O4S. The molecule has 0 unspecified atom stereocenters. The minimum atomic E-state index is -1.34. The molecule has 0 aliphatic heterocycles. The van der Waals surface area contributed by atoms with E-state index < -0.39 is 17.4 Å². The molecule has 1 amide bonds. The smallest absolute Gasteiger partial charge is 0.329 e. The zero-order valence-electron chi connectivity index (χ0n) is 14.4. The molecule has 2 aromatic rings. The van der Waals surface area contributed by atoms with Crippen molar-refractivity contribution in [2.45, 2.75) is 32.9 Å². The van der Waals surface area contributed by atoms with Crippen LogP contribution in [0.5, 0.6) is 5.75 Å². The van der Waals surface area contributed by atoms with Gasteiger partial charge >= 0.3 is 5.97 Å². The Morgan fingerprint density at radius 3 is 2.48 bits per heavy atom. The van der Waals surface area contributed by atoms with Crippen molar-refractivity contribution in [2.75, 3.05) is 7.05 Å². The lowest BCUT2D eigenvalue weighted by Gasteiger charge is -2.31. The predicted molar refractivity (Wildman–Crippen MR) is 91.4 cm³/mol. The molecule has 0 saturated carbocycles. The molecule has 0 radical (unpaired) electrons. The maximum absolute atomic E-state index is 12.9. The van der Waals surface area contributed by atoms with Crippen molar-refractivity contribution in [1.29, 1.82) is 0 Å². The first-order valence-corrected chi connectivity index (χ1v) is 8.30. The summed E-state index contributed by atoms with van der Waals surface area (Å²) in [6.07, 6.45) is 0. The van der Waals surface area contributed by atoms with E-state index in [0.29, 0.717) is 21.3 Å². The largest absolute Gasteiger partial charge is 0.486 e. The molecule has 0 spiro atoms. The molecule has 1 aromatic carbocycles. The van der Waals surface area contributed by atoms with E-state index in [1.165, 1.54) is 50.1 Å². The van der Waals surface area contributed by atoms with Gasteiger partial charge in [-0.1, -0.05) is 0 Å². The average molecular weight is 366 g/mol. The summed E-state index contributed by atoms with van der Waals surface area (Å²) in [5.41, 5.74) is -0.820. The van der Waals surface area contributed by atoms with Gasteiger partial charge in [0.25, 0.3) is 5.91 Å². The van der Waals surface area contributed by atoms with Gasteiger partial charge in [0.05, 0.1) is 5.69 Å². The Balaban J connectivity index is 2.12. The number of aryl methyl sites for hydroxylation is 1. The highest BCUT2D eigenvalue weighted by atomic mass is 32.1. The lowest BCUT2D eigenvalue weighted by atomic mass is 10.0. The Morgan fingerprint density at radius 1 is 1.32 bits per heavy atom. The number of benzene rings is 1. The summed E-state index contributed by atoms with van der Waals surface area (Å²) in [7, 11) is 1.45. The first-order chi connectivity index (χ1) is 11.6. The van der Waals surface area contributed by atoms with Crippen LogP contribution in [0.4, 0.5) is 4.39 Å². The van der Waals surface area contributed by atoms with Crippen LogP contribution in [0.2, 0.25) is 0 Å². The fraction of sp³-hybridized carbons (Fsp3) is 0.353. The first kappa shape index (κ1) is 18.9. The number of hydrogen-bond acceptors (Lipinski definition) is 5. The van der Waals surface area contributed by atoms with Gasteiger partial charge in [-0.05, 0) is 45.0 Å². The number of halogens is 1. The zero-order chi connectivity index (χ0) is 18.8. The van der Waals surface area contributed by atoms with Crippen LogP contribution in [0.1, 0.15) is 34.2 Å². The number of hydrogen-bond donors (Lipinski definition) is 1. The highest BCUT2D eigenvalue weighted by Crippen LogP contribution is 2.24. The number of amides is 1. The van der Waals surface area contributed by atoms with Crippen LogP contribution < -0.4 is 4.74 Å². The van der Waals surface area contributed by atoms with Crippen molar-refractivity contribution >= 4 is 23.2 Å². The van der Waals surface area contributed by atoms with Gasteiger partial charge in [0, 0.05) is 7.05 Å². The number of nitrogens with zero attached hydrogens (tertiary/aromatic N) is 2. The summed E-state index contributed by atoms with van der Waals surface area (Å²) in [4.78, 5) is 29.8. The molecule has 25 heavy (non-hydrogen) atoms. The van der Waals surface area contributed by atoms with Crippen molar-refractivity contribution in [2.24, 2.45) is 0 Å². The van der Waals surface area contributed by atoms with Gasteiger partial charge < -0.3 is 14.7 Å². The van der Waals surface area contributed by atoms with Crippen LogP contribution in [0.15, 0.2) is 24.3 Å². The number of aromatic nitrogens is 1. The second-order valence-corrected chi connectivity index (χ2v) is 7.08. The fourth-order valence-corrected chi connectivity index (χ4v) is 2.89. The second kappa shape index (κ2) is 7.18.